The second-order valence-electron chi connectivity index (χ2n) is 6.51. The lowest BCUT2D eigenvalue weighted by Crippen LogP contribution is -2.37. The quantitative estimate of drug-likeness (QED) is 0.497. The molecular formula is C21H17N3O4. The van der Waals surface area contributed by atoms with Crippen LogP contribution >= 0.6 is 0 Å². The van der Waals surface area contributed by atoms with Gasteiger partial charge in [-0.2, -0.15) is 0 Å². The summed E-state index contributed by atoms with van der Waals surface area (Å²) in [5.74, 6) is 0.759. The molecular weight excluding hydrogens is 358 g/mol. The van der Waals surface area contributed by atoms with Gasteiger partial charge in [0.2, 0.25) is 0 Å². The number of hydrogen-bond acceptors (Lipinski definition) is 5. The maximum Gasteiger partial charge on any atom is 0.273 e. The van der Waals surface area contributed by atoms with E-state index < -0.39 is 4.92 Å². The van der Waals surface area contributed by atoms with Crippen LogP contribution in [0.1, 0.15) is 21.5 Å². The Kier molecular flexibility index (Phi) is 4.72. The van der Waals surface area contributed by atoms with Crippen molar-refractivity contribution in [3.63, 3.8) is 0 Å². The molecule has 0 saturated heterocycles. The van der Waals surface area contributed by atoms with Crippen molar-refractivity contribution in [1.82, 2.24) is 9.88 Å². The number of aromatic nitrogens is 1. The average Bonchev–Trinajstić information content (AvgIpc) is 2.71. The lowest BCUT2D eigenvalue weighted by atomic mass is 9.98. The molecule has 0 N–H and O–H groups in total. The largest absolute Gasteiger partial charge is 0.457 e. The van der Waals surface area contributed by atoms with E-state index in [2.05, 4.69) is 4.98 Å². The Morgan fingerprint density at radius 1 is 1.11 bits per heavy atom. The molecule has 0 bridgehead atoms. The van der Waals surface area contributed by atoms with Crippen molar-refractivity contribution < 1.29 is 14.5 Å². The molecule has 0 aliphatic carbocycles. The third-order valence-corrected chi connectivity index (χ3v) is 4.61. The molecule has 3 aromatic rings. The van der Waals surface area contributed by atoms with Crippen LogP contribution < -0.4 is 4.74 Å². The predicted molar refractivity (Wildman–Crippen MR) is 102 cm³/mol. The fraction of sp³-hybridized carbons (Fsp3) is 0.143. The summed E-state index contributed by atoms with van der Waals surface area (Å²) < 4.78 is 5.75. The smallest absolute Gasteiger partial charge is 0.273 e. The number of ether oxygens (including phenoxy) is 1. The van der Waals surface area contributed by atoms with E-state index in [1.165, 1.54) is 12.1 Å². The zero-order valence-electron chi connectivity index (χ0n) is 14.9. The first-order valence-corrected chi connectivity index (χ1v) is 8.83. The maximum atomic E-state index is 12.9. The van der Waals surface area contributed by atoms with Crippen molar-refractivity contribution >= 4 is 11.6 Å². The van der Waals surface area contributed by atoms with Gasteiger partial charge in [-0.25, -0.2) is 0 Å². The number of carbonyl (C=O) groups is 1. The molecule has 0 saturated carbocycles. The Labute approximate surface area is 161 Å². The van der Waals surface area contributed by atoms with Crippen LogP contribution in [0, 0.1) is 10.1 Å². The van der Waals surface area contributed by atoms with E-state index in [-0.39, 0.29) is 11.6 Å². The minimum Gasteiger partial charge on any atom is -0.457 e. The number of hydrogen-bond donors (Lipinski definition) is 0. The highest BCUT2D eigenvalue weighted by molar-refractivity contribution is 5.97. The number of nitrogens with zero attached hydrogens (tertiary/aromatic N) is 3. The highest BCUT2D eigenvalue weighted by Crippen LogP contribution is 2.29. The molecule has 7 heteroatoms. The molecule has 7 nitrogen and oxygen atoms in total. The van der Waals surface area contributed by atoms with E-state index >= 15 is 0 Å². The molecule has 0 spiro atoms. The molecule has 4 rings (SSSR count). The molecule has 2 heterocycles. The van der Waals surface area contributed by atoms with Crippen molar-refractivity contribution in [2.45, 2.75) is 13.0 Å². The lowest BCUT2D eigenvalue weighted by Gasteiger charge is -2.28. The van der Waals surface area contributed by atoms with Gasteiger partial charge in [-0.1, -0.05) is 18.2 Å². The first-order valence-electron chi connectivity index (χ1n) is 8.83. The summed E-state index contributed by atoms with van der Waals surface area (Å²) in [4.78, 5) is 29.3. The number of fused-ring (bicyclic) bond motifs is 1. The zero-order chi connectivity index (χ0) is 19.5. The maximum absolute atomic E-state index is 12.9. The van der Waals surface area contributed by atoms with E-state index in [4.69, 9.17) is 4.74 Å². The highest BCUT2D eigenvalue weighted by Gasteiger charge is 2.25. The monoisotopic (exact) mass is 375 g/mol. The lowest BCUT2D eigenvalue weighted by molar-refractivity contribution is -0.384. The number of rotatable bonds is 5. The van der Waals surface area contributed by atoms with E-state index in [9.17, 15) is 14.9 Å². The van der Waals surface area contributed by atoms with Crippen molar-refractivity contribution in [2.75, 3.05) is 6.54 Å². The van der Waals surface area contributed by atoms with Gasteiger partial charge in [0.25, 0.3) is 11.6 Å². The van der Waals surface area contributed by atoms with E-state index in [0.717, 1.165) is 17.5 Å². The second-order valence-corrected chi connectivity index (χ2v) is 6.51. The summed E-state index contributed by atoms with van der Waals surface area (Å²) >= 11 is 0. The molecule has 1 amide bonds. The van der Waals surface area contributed by atoms with Crippen LogP contribution in [-0.2, 0) is 13.0 Å². The third-order valence-electron chi connectivity index (χ3n) is 4.61. The summed E-state index contributed by atoms with van der Waals surface area (Å²) in [6.07, 6.45) is 4.22. The van der Waals surface area contributed by atoms with Crippen LogP contribution in [0.15, 0.2) is 67.0 Å². The fourth-order valence-electron chi connectivity index (χ4n) is 3.22. The van der Waals surface area contributed by atoms with E-state index in [0.29, 0.717) is 30.2 Å². The van der Waals surface area contributed by atoms with Crippen LogP contribution in [0.4, 0.5) is 5.69 Å². The Hall–Kier alpha value is -3.74. The molecule has 1 aromatic heterocycles. The summed E-state index contributed by atoms with van der Waals surface area (Å²) in [6, 6.07) is 15.1. The number of carbonyl (C=O) groups excluding carboxylic acids is 1. The number of nitro benzene ring substituents is 1. The van der Waals surface area contributed by atoms with Gasteiger partial charge in [-0.15, -0.1) is 0 Å². The molecule has 2 aromatic carbocycles. The fourth-order valence-corrected chi connectivity index (χ4v) is 3.22. The summed E-state index contributed by atoms with van der Waals surface area (Å²) in [6.45, 7) is 1.15. The SMILES string of the molecule is O=C1c2cc(Oc3cccc([N+](=O)[O-])c3)ccc2CCN1Cc1cccnc1. The van der Waals surface area contributed by atoms with Crippen LogP contribution in [0.3, 0.4) is 0 Å². The Morgan fingerprint density at radius 3 is 2.75 bits per heavy atom. The van der Waals surface area contributed by atoms with E-state index in [1.54, 1.807) is 41.6 Å². The Bertz CT molecular complexity index is 1040. The molecule has 0 fully saturated rings. The van der Waals surface area contributed by atoms with Gasteiger partial charge in [0.15, 0.2) is 0 Å². The second kappa shape index (κ2) is 7.48. The van der Waals surface area contributed by atoms with Crippen LogP contribution in [0.25, 0.3) is 0 Å². The number of amides is 1. The van der Waals surface area contributed by atoms with Gasteiger partial charge in [-0.3, -0.25) is 19.9 Å². The molecule has 28 heavy (non-hydrogen) atoms. The van der Waals surface area contributed by atoms with Gasteiger partial charge in [-0.05, 0) is 41.8 Å². The number of pyridine rings is 1. The Balaban J connectivity index is 1.55. The normalized spacial score (nSPS) is 13.1. The number of non-ortho nitro benzene ring substituents is 1. The van der Waals surface area contributed by atoms with Gasteiger partial charge in [0, 0.05) is 37.1 Å². The van der Waals surface area contributed by atoms with Crippen molar-refractivity contribution in [2.24, 2.45) is 0 Å². The van der Waals surface area contributed by atoms with Crippen LogP contribution in [0.2, 0.25) is 0 Å². The molecule has 0 radical (unpaired) electrons. The van der Waals surface area contributed by atoms with Gasteiger partial charge < -0.3 is 9.64 Å². The van der Waals surface area contributed by atoms with Crippen molar-refractivity contribution in [1.29, 1.82) is 0 Å². The average molecular weight is 375 g/mol. The topological polar surface area (TPSA) is 85.6 Å². The Morgan fingerprint density at radius 2 is 1.96 bits per heavy atom. The molecule has 0 unspecified atom stereocenters. The third kappa shape index (κ3) is 3.68. The van der Waals surface area contributed by atoms with Gasteiger partial charge in [0.05, 0.1) is 11.0 Å². The standard InChI is InChI=1S/C21H17N3O4/c25-21-20-12-19(28-18-5-1-4-17(11-18)24(26)27)7-6-16(20)8-10-23(21)14-15-3-2-9-22-13-15/h1-7,9,11-13H,8,10,14H2. The minimum atomic E-state index is -0.473. The highest BCUT2D eigenvalue weighted by atomic mass is 16.6. The minimum absolute atomic E-state index is 0.0471. The van der Waals surface area contributed by atoms with Crippen molar-refractivity contribution in [3.05, 3.63) is 93.8 Å². The first-order chi connectivity index (χ1) is 13.6. The molecule has 140 valence electrons. The van der Waals surface area contributed by atoms with E-state index in [1.807, 2.05) is 18.2 Å². The van der Waals surface area contributed by atoms with Crippen LogP contribution in [0.5, 0.6) is 11.5 Å². The zero-order valence-corrected chi connectivity index (χ0v) is 14.9. The van der Waals surface area contributed by atoms with Crippen molar-refractivity contribution in [3.8, 4) is 11.5 Å². The van der Waals surface area contributed by atoms with Crippen LogP contribution in [-0.4, -0.2) is 27.3 Å². The molecule has 1 aliphatic rings. The predicted octanol–water partition coefficient (Wildman–Crippen LogP) is 3.98. The van der Waals surface area contributed by atoms with Gasteiger partial charge >= 0.3 is 0 Å². The number of nitro groups is 1. The van der Waals surface area contributed by atoms with Gasteiger partial charge in [0.1, 0.15) is 11.5 Å². The number of benzene rings is 2. The molecule has 1 aliphatic heterocycles. The summed E-state index contributed by atoms with van der Waals surface area (Å²) in [5.41, 5.74) is 2.49. The molecule has 0 atom stereocenters. The summed E-state index contributed by atoms with van der Waals surface area (Å²) in [7, 11) is 0. The summed E-state index contributed by atoms with van der Waals surface area (Å²) in [5, 5.41) is 10.9. The first kappa shape index (κ1) is 17.7.